The summed E-state index contributed by atoms with van der Waals surface area (Å²) in [4.78, 5) is 16.4. The van der Waals surface area contributed by atoms with Gasteiger partial charge in [0.05, 0.1) is 0 Å². The zero-order valence-corrected chi connectivity index (χ0v) is 15.2. The molecule has 8 heteroatoms. The smallest absolute Gasteiger partial charge is 0.318 e. The van der Waals surface area contributed by atoms with Gasteiger partial charge in [-0.25, -0.2) is 0 Å². The number of amides is 1. The average Bonchev–Trinajstić information content (AvgIpc) is 3.13. The predicted molar refractivity (Wildman–Crippen MR) is 96.9 cm³/mol. The molecule has 26 heavy (non-hydrogen) atoms. The standard InChI is InChI=1S/C18H25N5O3/c1-22-8-10-23(11-9-22)18-21-20-17(26-18)15(19-16(24)13-25-2)12-14-6-4-3-5-7-14/h3-7,15H,8-13H2,1-2H3,(H,19,24)/t15-/m0/s1. The molecule has 0 aliphatic carbocycles. The van der Waals surface area contributed by atoms with Gasteiger partial charge >= 0.3 is 6.01 Å². The number of anilines is 1. The van der Waals surface area contributed by atoms with E-state index in [1.807, 2.05) is 30.3 Å². The second-order valence-corrected chi connectivity index (χ2v) is 6.46. The van der Waals surface area contributed by atoms with E-state index in [0.29, 0.717) is 18.3 Å². The normalized spacial score (nSPS) is 16.5. The summed E-state index contributed by atoms with van der Waals surface area (Å²) in [5, 5.41) is 11.3. The number of hydrogen-bond acceptors (Lipinski definition) is 7. The van der Waals surface area contributed by atoms with E-state index >= 15 is 0 Å². The third-order valence-electron chi connectivity index (χ3n) is 4.40. The van der Waals surface area contributed by atoms with Gasteiger partial charge in [-0.15, -0.1) is 5.10 Å². The number of ether oxygens (including phenoxy) is 1. The second kappa shape index (κ2) is 8.77. The van der Waals surface area contributed by atoms with Gasteiger partial charge < -0.3 is 24.3 Å². The Bertz CT molecular complexity index is 698. The zero-order valence-electron chi connectivity index (χ0n) is 15.2. The van der Waals surface area contributed by atoms with Crippen LogP contribution in [0.3, 0.4) is 0 Å². The number of carbonyl (C=O) groups excluding carboxylic acids is 1. The van der Waals surface area contributed by atoms with Crippen molar-refractivity contribution < 1.29 is 13.9 Å². The van der Waals surface area contributed by atoms with E-state index in [0.717, 1.165) is 31.7 Å². The van der Waals surface area contributed by atoms with E-state index in [9.17, 15) is 4.79 Å². The fraction of sp³-hybridized carbons (Fsp3) is 0.500. The fourth-order valence-corrected chi connectivity index (χ4v) is 2.91. The van der Waals surface area contributed by atoms with E-state index < -0.39 is 6.04 Å². The van der Waals surface area contributed by atoms with Gasteiger partial charge in [0.25, 0.3) is 0 Å². The molecule has 1 N–H and O–H groups in total. The Hall–Kier alpha value is -2.45. The predicted octanol–water partition coefficient (Wildman–Crippen LogP) is 0.868. The summed E-state index contributed by atoms with van der Waals surface area (Å²) in [6.07, 6.45) is 0.570. The first-order chi connectivity index (χ1) is 12.7. The Balaban J connectivity index is 1.74. The Morgan fingerprint density at radius 3 is 2.65 bits per heavy atom. The molecular formula is C18H25N5O3. The van der Waals surface area contributed by atoms with E-state index in [-0.39, 0.29) is 12.5 Å². The molecule has 1 aromatic heterocycles. The van der Waals surface area contributed by atoms with Crippen molar-refractivity contribution in [3.8, 4) is 0 Å². The van der Waals surface area contributed by atoms with Crippen molar-refractivity contribution in [3.63, 3.8) is 0 Å². The molecule has 1 atom stereocenters. The molecule has 1 aliphatic rings. The number of hydrogen-bond donors (Lipinski definition) is 1. The lowest BCUT2D eigenvalue weighted by molar-refractivity contribution is -0.125. The van der Waals surface area contributed by atoms with E-state index in [1.165, 1.54) is 7.11 Å². The summed E-state index contributed by atoms with van der Waals surface area (Å²) in [6.45, 7) is 3.59. The Morgan fingerprint density at radius 2 is 1.96 bits per heavy atom. The lowest BCUT2D eigenvalue weighted by Crippen LogP contribution is -2.44. The molecule has 1 saturated heterocycles. The Labute approximate surface area is 153 Å². The first-order valence-corrected chi connectivity index (χ1v) is 8.75. The first kappa shape index (κ1) is 18.3. The largest absolute Gasteiger partial charge is 0.406 e. The minimum absolute atomic E-state index is 0.00918. The van der Waals surface area contributed by atoms with Crippen molar-refractivity contribution in [2.75, 3.05) is 51.8 Å². The highest BCUT2D eigenvalue weighted by atomic mass is 16.5. The third kappa shape index (κ3) is 4.80. The minimum atomic E-state index is -0.395. The molecule has 1 fully saturated rings. The number of carbonyl (C=O) groups is 1. The molecular weight excluding hydrogens is 334 g/mol. The van der Waals surface area contributed by atoms with Crippen LogP contribution >= 0.6 is 0 Å². The molecule has 0 spiro atoms. The number of piperazine rings is 1. The maximum atomic E-state index is 12.0. The van der Waals surface area contributed by atoms with E-state index in [4.69, 9.17) is 9.15 Å². The summed E-state index contributed by atoms with van der Waals surface area (Å²) in [7, 11) is 3.59. The number of rotatable bonds is 7. The maximum Gasteiger partial charge on any atom is 0.318 e. The van der Waals surface area contributed by atoms with Crippen LogP contribution in [-0.2, 0) is 16.0 Å². The van der Waals surface area contributed by atoms with Gasteiger partial charge in [0.1, 0.15) is 12.6 Å². The highest BCUT2D eigenvalue weighted by molar-refractivity contribution is 5.77. The summed E-state index contributed by atoms with van der Waals surface area (Å²) in [5.74, 6) is 0.194. The number of nitrogens with one attached hydrogen (secondary N) is 1. The summed E-state index contributed by atoms with van der Waals surface area (Å²) >= 11 is 0. The monoisotopic (exact) mass is 359 g/mol. The van der Waals surface area contributed by atoms with Crippen LogP contribution in [0.4, 0.5) is 6.01 Å². The first-order valence-electron chi connectivity index (χ1n) is 8.75. The van der Waals surface area contributed by atoms with Crippen LogP contribution in [0.25, 0.3) is 0 Å². The molecule has 1 aliphatic heterocycles. The lowest BCUT2D eigenvalue weighted by Gasteiger charge is -2.30. The van der Waals surface area contributed by atoms with Gasteiger partial charge in [-0.3, -0.25) is 4.79 Å². The molecule has 140 valence electrons. The number of benzene rings is 1. The van der Waals surface area contributed by atoms with Crippen LogP contribution < -0.4 is 10.2 Å². The van der Waals surface area contributed by atoms with Crippen LogP contribution in [0.5, 0.6) is 0 Å². The van der Waals surface area contributed by atoms with E-state index in [2.05, 4.69) is 32.4 Å². The molecule has 0 radical (unpaired) electrons. The van der Waals surface area contributed by atoms with Gasteiger partial charge in [0.15, 0.2) is 0 Å². The Morgan fingerprint density at radius 1 is 1.23 bits per heavy atom. The van der Waals surface area contributed by atoms with Crippen molar-refractivity contribution in [3.05, 3.63) is 41.8 Å². The SMILES string of the molecule is COCC(=O)N[C@@H](Cc1ccccc1)c1nnc(N2CCN(C)CC2)o1. The van der Waals surface area contributed by atoms with Crippen molar-refractivity contribution in [2.24, 2.45) is 0 Å². The quantitative estimate of drug-likeness (QED) is 0.785. The van der Waals surface area contributed by atoms with Crippen LogP contribution in [0.1, 0.15) is 17.5 Å². The van der Waals surface area contributed by atoms with Crippen LogP contribution in [-0.4, -0.2) is 67.9 Å². The van der Waals surface area contributed by atoms with Gasteiger partial charge in [-0.05, 0) is 12.6 Å². The number of aromatic nitrogens is 2. The highest BCUT2D eigenvalue weighted by Crippen LogP contribution is 2.22. The maximum absolute atomic E-state index is 12.0. The van der Waals surface area contributed by atoms with E-state index in [1.54, 1.807) is 0 Å². The van der Waals surface area contributed by atoms with Crippen molar-refractivity contribution in [2.45, 2.75) is 12.5 Å². The van der Waals surface area contributed by atoms with Gasteiger partial charge in [-0.1, -0.05) is 35.4 Å². The highest BCUT2D eigenvalue weighted by Gasteiger charge is 2.24. The van der Waals surface area contributed by atoms with Gasteiger partial charge in [-0.2, -0.15) is 0 Å². The summed E-state index contributed by atoms with van der Waals surface area (Å²) in [6, 6.07) is 10.0. The second-order valence-electron chi connectivity index (χ2n) is 6.46. The van der Waals surface area contributed by atoms with Crippen molar-refractivity contribution in [1.29, 1.82) is 0 Å². The third-order valence-corrected chi connectivity index (χ3v) is 4.40. The minimum Gasteiger partial charge on any atom is -0.406 e. The molecule has 1 aromatic carbocycles. The van der Waals surface area contributed by atoms with Crippen molar-refractivity contribution >= 4 is 11.9 Å². The topological polar surface area (TPSA) is 83.7 Å². The van der Waals surface area contributed by atoms with Crippen LogP contribution in [0.15, 0.2) is 34.7 Å². The number of nitrogens with zero attached hydrogens (tertiary/aromatic N) is 4. The molecule has 0 bridgehead atoms. The molecule has 2 heterocycles. The lowest BCUT2D eigenvalue weighted by atomic mass is 10.1. The Kier molecular flexibility index (Phi) is 6.19. The molecule has 0 saturated carbocycles. The molecule has 2 aromatic rings. The average molecular weight is 359 g/mol. The summed E-state index contributed by atoms with van der Waals surface area (Å²) < 4.78 is 10.8. The van der Waals surface area contributed by atoms with Crippen LogP contribution in [0.2, 0.25) is 0 Å². The van der Waals surface area contributed by atoms with Crippen LogP contribution in [0, 0.1) is 0 Å². The number of likely N-dealkylation sites (N-methyl/N-ethyl adjacent to an activating group) is 1. The summed E-state index contributed by atoms with van der Waals surface area (Å²) in [5.41, 5.74) is 1.08. The zero-order chi connectivity index (χ0) is 18.4. The number of methoxy groups -OCH3 is 1. The van der Waals surface area contributed by atoms with Gasteiger partial charge in [0.2, 0.25) is 11.8 Å². The molecule has 3 rings (SSSR count). The van der Waals surface area contributed by atoms with Crippen molar-refractivity contribution in [1.82, 2.24) is 20.4 Å². The molecule has 1 amide bonds. The molecule has 8 nitrogen and oxygen atoms in total. The molecule has 0 unspecified atom stereocenters. The fourth-order valence-electron chi connectivity index (χ4n) is 2.91. The van der Waals surface area contributed by atoms with Gasteiger partial charge in [0, 0.05) is 39.7 Å².